The van der Waals surface area contributed by atoms with Crippen molar-refractivity contribution in [2.75, 3.05) is 31.6 Å². The summed E-state index contributed by atoms with van der Waals surface area (Å²) in [6, 6.07) is 10.9. The van der Waals surface area contributed by atoms with E-state index >= 15 is 0 Å². The van der Waals surface area contributed by atoms with Crippen LogP contribution in [0, 0.1) is 10.1 Å². The Bertz CT molecular complexity index is 945. The molecule has 3 rings (SSSR count). The van der Waals surface area contributed by atoms with Gasteiger partial charge in [-0.05, 0) is 17.7 Å². The number of morpholine rings is 1. The Labute approximate surface area is 161 Å². The molecule has 10 heteroatoms. The van der Waals surface area contributed by atoms with Crippen LogP contribution in [0.3, 0.4) is 0 Å². The lowest BCUT2D eigenvalue weighted by atomic mass is 10.2. The lowest BCUT2D eigenvalue weighted by Gasteiger charge is -2.27. The highest BCUT2D eigenvalue weighted by atomic mass is 35.5. The first-order valence-corrected chi connectivity index (χ1v) is 10.0. The van der Waals surface area contributed by atoms with E-state index in [4.69, 9.17) is 16.3 Å². The second-order valence-corrected chi connectivity index (χ2v) is 8.21. The highest BCUT2D eigenvalue weighted by Gasteiger charge is 2.30. The molecular formula is C17H18ClN3O5S. The Kier molecular flexibility index (Phi) is 5.95. The van der Waals surface area contributed by atoms with Crippen molar-refractivity contribution in [3.63, 3.8) is 0 Å². The quantitative estimate of drug-likeness (QED) is 0.579. The molecule has 0 saturated carbocycles. The summed E-state index contributed by atoms with van der Waals surface area (Å²) in [5.41, 5.74) is 0.782. The number of nitro groups is 1. The maximum atomic E-state index is 13.0. The lowest BCUT2D eigenvalue weighted by Crippen LogP contribution is -2.40. The molecule has 2 aromatic rings. The molecule has 0 aromatic heterocycles. The topological polar surface area (TPSA) is 102 Å². The van der Waals surface area contributed by atoms with Gasteiger partial charge in [-0.25, -0.2) is 8.42 Å². The fraction of sp³-hybridized carbons (Fsp3) is 0.294. The molecule has 0 spiro atoms. The zero-order chi connectivity index (χ0) is 19.4. The van der Waals surface area contributed by atoms with Crippen molar-refractivity contribution in [3.8, 4) is 0 Å². The van der Waals surface area contributed by atoms with Crippen LogP contribution in [0.4, 0.5) is 11.4 Å². The van der Waals surface area contributed by atoms with Crippen molar-refractivity contribution in [2.45, 2.75) is 11.4 Å². The van der Waals surface area contributed by atoms with E-state index in [-0.39, 0.29) is 49.1 Å². The van der Waals surface area contributed by atoms with Crippen LogP contribution in [0.2, 0.25) is 5.02 Å². The smallest absolute Gasteiger partial charge is 0.270 e. The molecule has 0 radical (unpaired) electrons. The summed E-state index contributed by atoms with van der Waals surface area (Å²) in [5, 5.41) is 14.7. The third-order valence-corrected chi connectivity index (χ3v) is 6.50. The predicted octanol–water partition coefficient (Wildman–Crippen LogP) is 2.88. The number of benzene rings is 2. The highest BCUT2D eigenvalue weighted by Crippen LogP contribution is 2.30. The summed E-state index contributed by atoms with van der Waals surface area (Å²) in [5.74, 6) is 0. The summed E-state index contributed by atoms with van der Waals surface area (Å²) in [6.45, 7) is 1.26. The van der Waals surface area contributed by atoms with E-state index in [2.05, 4.69) is 5.32 Å². The van der Waals surface area contributed by atoms with Gasteiger partial charge >= 0.3 is 0 Å². The fourth-order valence-electron chi connectivity index (χ4n) is 2.74. The lowest BCUT2D eigenvalue weighted by molar-refractivity contribution is -0.385. The molecule has 1 fully saturated rings. The molecule has 8 nitrogen and oxygen atoms in total. The van der Waals surface area contributed by atoms with Crippen molar-refractivity contribution < 1.29 is 18.1 Å². The van der Waals surface area contributed by atoms with E-state index < -0.39 is 14.9 Å². The number of ether oxygens (including phenoxy) is 1. The fourth-order valence-corrected chi connectivity index (χ4v) is 4.54. The van der Waals surface area contributed by atoms with Crippen LogP contribution in [0.1, 0.15) is 5.56 Å². The van der Waals surface area contributed by atoms with Gasteiger partial charge in [0.05, 0.1) is 23.8 Å². The zero-order valence-corrected chi connectivity index (χ0v) is 15.9. The predicted molar refractivity (Wildman–Crippen MR) is 101 cm³/mol. The SMILES string of the molecule is O=[N+]([O-])c1ccc(NCc2ccccc2Cl)c(S(=O)(=O)N2CCOCC2)c1. The van der Waals surface area contributed by atoms with Gasteiger partial charge < -0.3 is 10.1 Å². The van der Waals surface area contributed by atoms with Crippen molar-refractivity contribution >= 4 is 33.0 Å². The van der Waals surface area contributed by atoms with Gasteiger partial charge in [-0.3, -0.25) is 10.1 Å². The summed E-state index contributed by atoms with van der Waals surface area (Å²) in [6.07, 6.45) is 0. The molecule has 0 unspecified atom stereocenters. The minimum Gasteiger partial charge on any atom is -0.380 e. The van der Waals surface area contributed by atoms with Crippen LogP contribution >= 0.6 is 11.6 Å². The number of sulfonamides is 1. The van der Waals surface area contributed by atoms with Gasteiger partial charge in [-0.15, -0.1) is 0 Å². The standard InChI is InChI=1S/C17H18ClN3O5S/c18-15-4-2-1-3-13(15)12-19-16-6-5-14(21(22)23)11-17(16)27(24,25)20-7-9-26-10-8-20/h1-6,11,19H,7-10,12H2. The molecule has 27 heavy (non-hydrogen) atoms. The van der Waals surface area contributed by atoms with Crippen LogP contribution in [0.15, 0.2) is 47.4 Å². The number of non-ortho nitro benzene ring substituents is 1. The first-order chi connectivity index (χ1) is 12.9. The summed E-state index contributed by atoms with van der Waals surface area (Å²) < 4.78 is 32.6. The van der Waals surface area contributed by atoms with Gasteiger partial charge in [-0.2, -0.15) is 4.31 Å². The van der Waals surface area contributed by atoms with Gasteiger partial charge in [0.15, 0.2) is 0 Å². The first-order valence-electron chi connectivity index (χ1n) is 8.23. The Balaban J connectivity index is 1.95. The summed E-state index contributed by atoms with van der Waals surface area (Å²) in [4.78, 5) is 10.4. The van der Waals surface area contributed by atoms with E-state index in [0.29, 0.717) is 5.02 Å². The van der Waals surface area contributed by atoms with Gasteiger partial charge in [-0.1, -0.05) is 29.8 Å². The van der Waals surface area contributed by atoms with E-state index in [0.717, 1.165) is 11.6 Å². The number of nitrogens with one attached hydrogen (secondary N) is 1. The number of halogens is 1. The van der Waals surface area contributed by atoms with Crippen LogP contribution in [-0.2, 0) is 21.3 Å². The Morgan fingerprint density at radius 2 is 1.89 bits per heavy atom. The minimum atomic E-state index is -3.91. The number of nitrogens with zero attached hydrogens (tertiary/aromatic N) is 2. The molecule has 1 N–H and O–H groups in total. The van der Waals surface area contributed by atoms with E-state index in [1.807, 2.05) is 12.1 Å². The molecule has 0 atom stereocenters. The number of anilines is 1. The maximum absolute atomic E-state index is 13.0. The molecule has 1 saturated heterocycles. The summed E-state index contributed by atoms with van der Waals surface area (Å²) >= 11 is 6.14. The van der Waals surface area contributed by atoms with Crippen LogP contribution in [0.25, 0.3) is 0 Å². The second-order valence-electron chi connectivity index (χ2n) is 5.90. The largest absolute Gasteiger partial charge is 0.380 e. The Morgan fingerprint density at radius 1 is 1.19 bits per heavy atom. The summed E-state index contributed by atoms with van der Waals surface area (Å²) in [7, 11) is -3.91. The second kappa shape index (κ2) is 8.22. The average molecular weight is 412 g/mol. The van der Waals surface area contributed by atoms with Crippen LogP contribution in [-0.4, -0.2) is 43.9 Å². The molecule has 144 valence electrons. The number of hydrogen-bond donors (Lipinski definition) is 1. The van der Waals surface area contributed by atoms with Crippen LogP contribution < -0.4 is 5.32 Å². The number of hydrogen-bond acceptors (Lipinski definition) is 6. The Morgan fingerprint density at radius 3 is 2.56 bits per heavy atom. The highest BCUT2D eigenvalue weighted by molar-refractivity contribution is 7.89. The van der Waals surface area contributed by atoms with E-state index in [9.17, 15) is 18.5 Å². The number of nitro benzene ring substituents is 1. The third kappa shape index (κ3) is 4.38. The molecule has 2 aromatic carbocycles. The third-order valence-electron chi connectivity index (χ3n) is 4.19. The van der Waals surface area contributed by atoms with Crippen LogP contribution in [0.5, 0.6) is 0 Å². The van der Waals surface area contributed by atoms with Gasteiger partial charge in [0.25, 0.3) is 5.69 Å². The molecule has 1 aliphatic heterocycles. The minimum absolute atomic E-state index is 0.134. The molecule has 0 aliphatic carbocycles. The molecule has 1 heterocycles. The number of rotatable bonds is 6. The molecular weight excluding hydrogens is 394 g/mol. The molecule has 1 aliphatic rings. The monoisotopic (exact) mass is 411 g/mol. The van der Waals surface area contributed by atoms with Crippen molar-refractivity contribution in [2.24, 2.45) is 0 Å². The molecule has 0 amide bonds. The Hall–Kier alpha value is -2.20. The van der Waals surface area contributed by atoms with Gasteiger partial charge in [0.2, 0.25) is 10.0 Å². The maximum Gasteiger partial charge on any atom is 0.270 e. The van der Waals surface area contributed by atoms with Crippen molar-refractivity contribution in [3.05, 3.63) is 63.2 Å². The van der Waals surface area contributed by atoms with E-state index in [1.165, 1.54) is 16.4 Å². The zero-order valence-electron chi connectivity index (χ0n) is 14.3. The first kappa shape index (κ1) is 19.6. The van der Waals surface area contributed by atoms with Crippen molar-refractivity contribution in [1.29, 1.82) is 0 Å². The van der Waals surface area contributed by atoms with E-state index in [1.54, 1.807) is 12.1 Å². The van der Waals surface area contributed by atoms with Gasteiger partial charge in [0.1, 0.15) is 4.90 Å². The van der Waals surface area contributed by atoms with Crippen molar-refractivity contribution in [1.82, 2.24) is 4.31 Å². The molecule has 0 bridgehead atoms. The average Bonchev–Trinajstić information content (AvgIpc) is 2.68. The normalized spacial score (nSPS) is 15.4. The van der Waals surface area contributed by atoms with Gasteiger partial charge in [0, 0.05) is 36.8 Å².